The van der Waals surface area contributed by atoms with Crippen molar-refractivity contribution in [3.8, 4) is 11.5 Å². The molecule has 5 heteroatoms. The number of aromatic amines is 1. The summed E-state index contributed by atoms with van der Waals surface area (Å²) in [5, 5.41) is 1.10. The fourth-order valence-corrected chi connectivity index (χ4v) is 2.18. The van der Waals surface area contributed by atoms with Gasteiger partial charge in [-0.3, -0.25) is 4.79 Å². The lowest BCUT2D eigenvalue weighted by Crippen LogP contribution is -2.09. The molecule has 0 spiro atoms. The maximum Gasteiger partial charge on any atom is 0.265 e. The number of rotatable bonds is 1. The quantitative estimate of drug-likeness (QED) is 0.750. The van der Waals surface area contributed by atoms with Crippen molar-refractivity contribution in [3.63, 3.8) is 0 Å². The van der Waals surface area contributed by atoms with Crippen molar-refractivity contribution in [2.24, 2.45) is 0 Å². The molecule has 3 rings (SSSR count). The highest BCUT2D eigenvalue weighted by Gasteiger charge is 2.07. The molecule has 2 heterocycles. The van der Waals surface area contributed by atoms with Gasteiger partial charge in [-0.25, -0.2) is 9.97 Å². The van der Waals surface area contributed by atoms with Gasteiger partial charge in [0.2, 0.25) is 0 Å². The van der Waals surface area contributed by atoms with Crippen molar-refractivity contribution < 1.29 is 0 Å². The summed E-state index contributed by atoms with van der Waals surface area (Å²) in [5.41, 5.74) is 2.45. The predicted octanol–water partition coefficient (Wildman–Crippen LogP) is 3.06. The van der Waals surface area contributed by atoms with E-state index < -0.39 is 0 Å². The number of halogens is 1. The zero-order chi connectivity index (χ0) is 13.4. The van der Waals surface area contributed by atoms with Crippen molar-refractivity contribution in [1.29, 1.82) is 0 Å². The summed E-state index contributed by atoms with van der Waals surface area (Å²) in [4.78, 5) is 23.0. The van der Waals surface area contributed by atoms with Gasteiger partial charge in [-0.15, -0.1) is 0 Å². The van der Waals surface area contributed by atoms with Crippen molar-refractivity contribution >= 4 is 26.8 Å². The summed E-state index contributed by atoms with van der Waals surface area (Å²) in [6.45, 7) is 2.02. The fraction of sp³-hybridized carbons (Fsp3) is 0.0714. The number of hydrogen-bond acceptors (Lipinski definition) is 3. The van der Waals surface area contributed by atoms with Crippen molar-refractivity contribution in [3.05, 3.63) is 56.9 Å². The second-order valence-electron chi connectivity index (χ2n) is 4.25. The third-order valence-corrected chi connectivity index (χ3v) is 3.49. The number of nitrogens with one attached hydrogen (secondary N) is 1. The lowest BCUT2D eigenvalue weighted by atomic mass is 10.1. The first-order valence-corrected chi connectivity index (χ1v) is 6.56. The third kappa shape index (κ3) is 2.17. The van der Waals surface area contributed by atoms with Crippen LogP contribution in [0, 0.1) is 6.92 Å². The summed E-state index contributed by atoms with van der Waals surface area (Å²) < 4.78 is 0.411. The van der Waals surface area contributed by atoms with Gasteiger partial charge in [-0.05, 0) is 40.5 Å². The summed E-state index contributed by atoms with van der Waals surface area (Å²) in [6, 6.07) is 9.82. The van der Waals surface area contributed by atoms with Gasteiger partial charge in [0, 0.05) is 11.6 Å². The van der Waals surface area contributed by atoms with Crippen LogP contribution in [0.2, 0.25) is 0 Å². The molecule has 0 aliphatic rings. The van der Waals surface area contributed by atoms with E-state index in [0.717, 1.165) is 16.5 Å². The molecule has 0 saturated heterocycles. The smallest absolute Gasteiger partial charge is 0.265 e. The number of nitrogens with zero attached hydrogens (tertiary/aromatic N) is 2. The van der Waals surface area contributed by atoms with E-state index in [0.29, 0.717) is 16.0 Å². The summed E-state index contributed by atoms with van der Waals surface area (Å²) in [7, 11) is 0. The average Bonchev–Trinajstić information content (AvgIpc) is 2.42. The topological polar surface area (TPSA) is 58.6 Å². The molecule has 0 aliphatic heterocycles. The lowest BCUT2D eigenvalue weighted by molar-refractivity contribution is 1.09. The monoisotopic (exact) mass is 315 g/mol. The Labute approximate surface area is 117 Å². The Morgan fingerprint density at radius 3 is 2.84 bits per heavy atom. The van der Waals surface area contributed by atoms with Crippen LogP contribution in [0.4, 0.5) is 0 Å². The van der Waals surface area contributed by atoms with Crippen LogP contribution in [0.25, 0.3) is 22.4 Å². The molecule has 1 aromatic carbocycles. The molecule has 0 amide bonds. The fourth-order valence-electron chi connectivity index (χ4n) is 1.98. The number of aromatic nitrogens is 3. The van der Waals surface area contributed by atoms with Crippen molar-refractivity contribution in [2.45, 2.75) is 6.92 Å². The lowest BCUT2D eigenvalue weighted by Gasteiger charge is -2.05. The first kappa shape index (κ1) is 12.0. The van der Waals surface area contributed by atoms with Gasteiger partial charge < -0.3 is 4.98 Å². The van der Waals surface area contributed by atoms with E-state index in [1.807, 2.05) is 37.3 Å². The Balaban J connectivity index is 2.25. The van der Waals surface area contributed by atoms with Gasteiger partial charge in [-0.1, -0.05) is 18.2 Å². The van der Waals surface area contributed by atoms with Gasteiger partial charge in [0.25, 0.3) is 5.56 Å². The highest BCUT2D eigenvalue weighted by molar-refractivity contribution is 9.10. The third-order valence-electron chi connectivity index (χ3n) is 2.92. The number of pyridine rings is 1. The van der Waals surface area contributed by atoms with Crippen LogP contribution >= 0.6 is 15.9 Å². The summed E-state index contributed by atoms with van der Waals surface area (Å²) in [5.74, 6) is 0.474. The zero-order valence-corrected chi connectivity index (χ0v) is 11.7. The van der Waals surface area contributed by atoms with Crippen LogP contribution in [-0.2, 0) is 0 Å². The van der Waals surface area contributed by atoms with Gasteiger partial charge in [0.15, 0.2) is 5.82 Å². The van der Waals surface area contributed by atoms with Crippen LogP contribution in [0.5, 0.6) is 0 Å². The minimum atomic E-state index is -0.211. The highest BCUT2D eigenvalue weighted by atomic mass is 79.9. The second-order valence-corrected chi connectivity index (χ2v) is 5.10. The molecule has 0 fully saturated rings. The van der Waals surface area contributed by atoms with Gasteiger partial charge in [0.05, 0.1) is 5.52 Å². The molecule has 0 atom stereocenters. The second kappa shape index (κ2) is 4.59. The van der Waals surface area contributed by atoms with Crippen LogP contribution in [0.15, 0.2) is 45.8 Å². The van der Waals surface area contributed by atoms with Gasteiger partial charge >= 0.3 is 0 Å². The largest absolute Gasteiger partial charge is 0.304 e. The van der Waals surface area contributed by atoms with Crippen LogP contribution in [0.3, 0.4) is 0 Å². The van der Waals surface area contributed by atoms with Crippen LogP contribution in [0.1, 0.15) is 5.56 Å². The minimum absolute atomic E-state index is 0.211. The number of H-pyrrole nitrogens is 1. The summed E-state index contributed by atoms with van der Waals surface area (Å²) >= 11 is 3.13. The first-order valence-electron chi connectivity index (χ1n) is 5.77. The van der Waals surface area contributed by atoms with Crippen molar-refractivity contribution in [2.75, 3.05) is 0 Å². The Hall–Kier alpha value is -2.01. The Morgan fingerprint density at radius 1 is 1.26 bits per heavy atom. The number of benzene rings is 1. The molecular formula is C14H10BrN3O. The van der Waals surface area contributed by atoms with E-state index in [4.69, 9.17) is 0 Å². The molecule has 0 aliphatic carbocycles. The highest BCUT2D eigenvalue weighted by Crippen LogP contribution is 2.21. The van der Waals surface area contributed by atoms with E-state index in [1.54, 1.807) is 0 Å². The van der Waals surface area contributed by atoms with Crippen LogP contribution < -0.4 is 5.56 Å². The standard InChI is InChI=1S/C14H10BrN3O/c1-8-6-12(13-16-7-10(15)14(19)18-13)17-11-5-3-2-4-9(8)11/h2-7H,1H3,(H,16,18,19). The Bertz CT molecular complexity index is 826. The maximum atomic E-state index is 11.6. The minimum Gasteiger partial charge on any atom is -0.304 e. The van der Waals surface area contributed by atoms with E-state index >= 15 is 0 Å². The van der Waals surface area contributed by atoms with E-state index in [-0.39, 0.29) is 5.56 Å². The van der Waals surface area contributed by atoms with Crippen molar-refractivity contribution in [1.82, 2.24) is 15.0 Å². The average molecular weight is 316 g/mol. The Kier molecular flexibility index (Phi) is 2.91. The molecule has 94 valence electrons. The van der Waals surface area contributed by atoms with Crippen LogP contribution in [-0.4, -0.2) is 15.0 Å². The maximum absolute atomic E-state index is 11.6. The molecule has 0 radical (unpaired) electrons. The molecule has 0 saturated carbocycles. The molecule has 0 unspecified atom stereocenters. The Morgan fingerprint density at radius 2 is 2.05 bits per heavy atom. The van der Waals surface area contributed by atoms with E-state index in [1.165, 1.54) is 6.20 Å². The van der Waals surface area contributed by atoms with E-state index in [2.05, 4.69) is 30.9 Å². The van der Waals surface area contributed by atoms with Gasteiger partial charge in [-0.2, -0.15) is 0 Å². The number of fused-ring (bicyclic) bond motifs is 1. The molecule has 3 aromatic rings. The van der Waals surface area contributed by atoms with E-state index in [9.17, 15) is 4.79 Å². The molecule has 19 heavy (non-hydrogen) atoms. The molecule has 1 N–H and O–H groups in total. The SMILES string of the molecule is Cc1cc(-c2ncc(Br)c(=O)[nH]2)nc2ccccc12. The molecule has 2 aromatic heterocycles. The molecule has 4 nitrogen and oxygen atoms in total. The van der Waals surface area contributed by atoms with Gasteiger partial charge in [0.1, 0.15) is 10.2 Å². The number of aryl methyl sites for hydroxylation is 1. The normalized spacial score (nSPS) is 10.8. The number of hydrogen-bond donors (Lipinski definition) is 1. The first-order chi connectivity index (χ1) is 9.15. The number of para-hydroxylation sites is 1. The molecular weight excluding hydrogens is 306 g/mol. The predicted molar refractivity (Wildman–Crippen MR) is 78.0 cm³/mol. The summed E-state index contributed by atoms with van der Waals surface area (Å²) in [6.07, 6.45) is 1.49. The zero-order valence-electron chi connectivity index (χ0n) is 10.1. The molecule has 0 bridgehead atoms.